The van der Waals surface area contributed by atoms with Crippen molar-refractivity contribution in [3.63, 3.8) is 0 Å². The van der Waals surface area contributed by atoms with Gasteiger partial charge in [0.15, 0.2) is 0 Å². The van der Waals surface area contributed by atoms with Crippen LogP contribution >= 0.6 is 0 Å². The van der Waals surface area contributed by atoms with Gasteiger partial charge in [-0.25, -0.2) is 0 Å². The Kier molecular flexibility index (Phi) is 3.38. The van der Waals surface area contributed by atoms with Crippen molar-refractivity contribution < 1.29 is 4.74 Å². The lowest BCUT2D eigenvalue weighted by molar-refractivity contribution is 0.101. The molecule has 15 heavy (non-hydrogen) atoms. The molecule has 1 saturated heterocycles. The zero-order valence-electron chi connectivity index (χ0n) is 9.22. The maximum atomic E-state index is 6.08. The molecule has 4 heteroatoms. The Morgan fingerprint density at radius 2 is 2.60 bits per heavy atom. The molecule has 1 aromatic heterocycles. The maximum absolute atomic E-state index is 6.08. The molecule has 2 rings (SSSR count). The van der Waals surface area contributed by atoms with Crippen LogP contribution in [0.3, 0.4) is 0 Å². The SMILES string of the molecule is Cn1cc(C(N)CCC2CCCO2)cn1. The highest BCUT2D eigenvalue weighted by molar-refractivity contribution is 5.09. The molecule has 1 aliphatic rings. The fraction of sp³-hybridized carbons (Fsp3) is 0.727. The molecule has 1 aliphatic heterocycles. The quantitative estimate of drug-likeness (QED) is 0.815. The summed E-state index contributed by atoms with van der Waals surface area (Å²) < 4.78 is 7.36. The van der Waals surface area contributed by atoms with Gasteiger partial charge in [-0.2, -0.15) is 5.10 Å². The van der Waals surface area contributed by atoms with E-state index in [1.165, 1.54) is 12.8 Å². The van der Waals surface area contributed by atoms with Crippen LogP contribution in [0, 0.1) is 0 Å². The first kappa shape index (κ1) is 10.6. The molecular weight excluding hydrogens is 190 g/mol. The van der Waals surface area contributed by atoms with Crippen LogP contribution in [0.15, 0.2) is 12.4 Å². The highest BCUT2D eigenvalue weighted by Crippen LogP contribution is 2.21. The van der Waals surface area contributed by atoms with E-state index in [9.17, 15) is 0 Å². The molecule has 84 valence electrons. The van der Waals surface area contributed by atoms with E-state index in [0.29, 0.717) is 6.10 Å². The lowest BCUT2D eigenvalue weighted by Crippen LogP contribution is -2.13. The third-order valence-electron chi connectivity index (χ3n) is 2.98. The van der Waals surface area contributed by atoms with Crippen molar-refractivity contribution in [2.45, 2.75) is 37.8 Å². The molecule has 0 aromatic carbocycles. The summed E-state index contributed by atoms with van der Waals surface area (Å²) in [4.78, 5) is 0. The zero-order chi connectivity index (χ0) is 10.7. The van der Waals surface area contributed by atoms with Gasteiger partial charge in [0.2, 0.25) is 0 Å². The van der Waals surface area contributed by atoms with Gasteiger partial charge < -0.3 is 10.5 Å². The van der Waals surface area contributed by atoms with Crippen molar-refractivity contribution in [1.29, 1.82) is 0 Å². The van der Waals surface area contributed by atoms with Crippen molar-refractivity contribution in [2.24, 2.45) is 12.8 Å². The minimum absolute atomic E-state index is 0.0999. The van der Waals surface area contributed by atoms with Crippen LogP contribution in [-0.2, 0) is 11.8 Å². The van der Waals surface area contributed by atoms with Crippen molar-refractivity contribution in [2.75, 3.05) is 6.61 Å². The van der Waals surface area contributed by atoms with Crippen LogP contribution in [-0.4, -0.2) is 22.5 Å². The maximum Gasteiger partial charge on any atom is 0.0576 e. The van der Waals surface area contributed by atoms with E-state index in [4.69, 9.17) is 10.5 Å². The third kappa shape index (κ3) is 2.79. The van der Waals surface area contributed by atoms with Crippen LogP contribution in [0.2, 0.25) is 0 Å². The Morgan fingerprint density at radius 1 is 1.73 bits per heavy atom. The van der Waals surface area contributed by atoms with Crippen LogP contribution in [0.5, 0.6) is 0 Å². The first-order valence-corrected chi connectivity index (χ1v) is 5.61. The molecule has 0 spiro atoms. The monoisotopic (exact) mass is 209 g/mol. The largest absolute Gasteiger partial charge is 0.378 e. The summed E-state index contributed by atoms with van der Waals surface area (Å²) in [6, 6.07) is 0.0999. The minimum Gasteiger partial charge on any atom is -0.378 e. The van der Waals surface area contributed by atoms with Gasteiger partial charge in [-0.1, -0.05) is 0 Å². The molecular formula is C11H19N3O. The van der Waals surface area contributed by atoms with E-state index in [1.54, 1.807) is 4.68 Å². The lowest BCUT2D eigenvalue weighted by atomic mass is 10.0. The van der Waals surface area contributed by atoms with E-state index in [-0.39, 0.29) is 6.04 Å². The third-order valence-corrected chi connectivity index (χ3v) is 2.98. The highest BCUT2D eigenvalue weighted by atomic mass is 16.5. The molecule has 2 heterocycles. The van der Waals surface area contributed by atoms with Gasteiger partial charge in [0.1, 0.15) is 0 Å². The summed E-state index contributed by atoms with van der Waals surface area (Å²) in [5.41, 5.74) is 7.20. The fourth-order valence-corrected chi connectivity index (χ4v) is 2.04. The Hall–Kier alpha value is -0.870. The van der Waals surface area contributed by atoms with Gasteiger partial charge in [-0.15, -0.1) is 0 Å². The predicted molar refractivity (Wildman–Crippen MR) is 58.3 cm³/mol. The van der Waals surface area contributed by atoms with Crippen molar-refractivity contribution >= 4 is 0 Å². The number of nitrogens with zero attached hydrogens (tertiary/aromatic N) is 2. The van der Waals surface area contributed by atoms with Crippen molar-refractivity contribution in [3.8, 4) is 0 Å². The van der Waals surface area contributed by atoms with Crippen LogP contribution in [0.4, 0.5) is 0 Å². The topological polar surface area (TPSA) is 53.1 Å². The average Bonchev–Trinajstić information content (AvgIpc) is 2.84. The Bertz CT molecular complexity index is 305. The van der Waals surface area contributed by atoms with E-state index >= 15 is 0 Å². The summed E-state index contributed by atoms with van der Waals surface area (Å²) in [5.74, 6) is 0. The minimum atomic E-state index is 0.0999. The Morgan fingerprint density at radius 3 is 3.20 bits per heavy atom. The normalized spacial score (nSPS) is 23.2. The van der Waals surface area contributed by atoms with Gasteiger partial charge in [0, 0.05) is 31.5 Å². The predicted octanol–water partition coefficient (Wildman–Crippen LogP) is 1.38. The van der Waals surface area contributed by atoms with E-state index < -0.39 is 0 Å². The Labute approximate surface area is 90.4 Å². The molecule has 0 radical (unpaired) electrons. The molecule has 1 fully saturated rings. The fourth-order valence-electron chi connectivity index (χ4n) is 2.04. The average molecular weight is 209 g/mol. The molecule has 0 saturated carbocycles. The first-order chi connectivity index (χ1) is 7.25. The molecule has 2 atom stereocenters. The zero-order valence-corrected chi connectivity index (χ0v) is 9.22. The molecule has 0 aliphatic carbocycles. The van der Waals surface area contributed by atoms with E-state index in [0.717, 1.165) is 25.0 Å². The molecule has 2 unspecified atom stereocenters. The summed E-state index contributed by atoms with van der Waals surface area (Å²) in [6.07, 6.45) is 8.71. The van der Waals surface area contributed by atoms with Gasteiger partial charge in [-0.05, 0) is 25.7 Å². The first-order valence-electron chi connectivity index (χ1n) is 5.61. The molecule has 2 N–H and O–H groups in total. The summed E-state index contributed by atoms with van der Waals surface area (Å²) in [7, 11) is 1.91. The van der Waals surface area contributed by atoms with Crippen LogP contribution < -0.4 is 5.73 Å². The van der Waals surface area contributed by atoms with E-state index in [1.807, 2.05) is 19.4 Å². The summed E-state index contributed by atoms with van der Waals surface area (Å²) in [6.45, 7) is 0.923. The summed E-state index contributed by atoms with van der Waals surface area (Å²) >= 11 is 0. The number of ether oxygens (including phenoxy) is 1. The van der Waals surface area contributed by atoms with Crippen molar-refractivity contribution in [3.05, 3.63) is 18.0 Å². The smallest absolute Gasteiger partial charge is 0.0576 e. The van der Waals surface area contributed by atoms with Gasteiger partial charge in [0.05, 0.1) is 12.3 Å². The standard InChI is InChI=1S/C11H19N3O/c1-14-8-9(7-13-14)11(12)5-4-10-3-2-6-15-10/h7-8,10-11H,2-6,12H2,1H3. The molecule has 0 bridgehead atoms. The molecule has 1 aromatic rings. The number of hydrogen-bond acceptors (Lipinski definition) is 3. The molecule has 4 nitrogen and oxygen atoms in total. The van der Waals surface area contributed by atoms with Gasteiger partial charge >= 0.3 is 0 Å². The number of rotatable bonds is 4. The lowest BCUT2D eigenvalue weighted by Gasteiger charge is -2.13. The summed E-state index contributed by atoms with van der Waals surface area (Å²) in [5, 5.41) is 4.12. The number of aromatic nitrogens is 2. The second-order valence-corrected chi connectivity index (χ2v) is 4.27. The second kappa shape index (κ2) is 4.77. The van der Waals surface area contributed by atoms with Crippen molar-refractivity contribution in [1.82, 2.24) is 9.78 Å². The van der Waals surface area contributed by atoms with Gasteiger partial charge in [-0.3, -0.25) is 4.68 Å². The van der Waals surface area contributed by atoms with E-state index in [2.05, 4.69) is 5.10 Å². The van der Waals surface area contributed by atoms with Gasteiger partial charge in [0.25, 0.3) is 0 Å². The number of nitrogens with two attached hydrogens (primary N) is 1. The number of hydrogen-bond donors (Lipinski definition) is 1. The number of aryl methyl sites for hydroxylation is 1. The second-order valence-electron chi connectivity index (χ2n) is 4.27. The molecule has 0 amide bonds. The van der Waals surface area contributed by atoms with Crippen LogP contribution in [0.25, 0.3) is 0 Å². The van der Waals surface area contributed by atoms with Crippen LogP contribution in [0.1, 0.15) is 37.3 Å². The Balaban J connectivity index is 1.79. The highest BCUT2D eigenvalue weighted by Gasteiger charge is 2.17.